The average molecular weight is 521 g/mol. The van der Waals surface area contributed by atoms with Crippen molar-refractivity contribution in [3.05, 3.63) is 65.2 Å². The van der Waals surface area contributed by atoms with Crippen LogP contribution < -0.4 is 14.8 Å². The lowest BCUT2D eigenvalue weighted by Gasteiger charge is -2.27. The summed E-state index contributed by atoms with van der Waals surface area (Å²) < 4.78 is 35.1. The standard InChI is InChI=1S/C28H32N4O4S/c1-18-8-6-9-19(2)26(18)24-16-25-31-28(30-24)32-37(34,35)23-13-7-12-21(15-23)27(33)29-22(17-36-25)14-20-10-4-3-5-11-20/h6-9,12-13,15-16,20,22H,3-5,10-11,14,17H2,1-2H3,(H,29,33)(H,30,31,32)/t22-/m1/s1. The van der Waals surface area contributed by atoms with Crippen LogP contribution in [0.5, 0.6) is 5.88 Å². The van der Waals surface area contributed by atoms with Crippen LogP contribution in [-0.4, -0.2) is 36.9 Å². The summed E-state index contributed by atoms with van der Waals surface area (Å²) in [7, 11) is -4.05. The molecule has 2 heterocycles. The van der Waals surface area contributed by atoms with Gasteiger partial charge in [0.15, 0.2) is 0 Å². The van der Waals surface area contributed by atoms with Gasteiger partial charge in [0.1, 0.15) is 6.61 Å². The summed E-state index contributed by atoms with van der Waals surface area (Å²) in [5.74, 6) is 0.356. The Morgan fingerprint density at radius 1 is 0.973 bits per heavy atom. The zero-order valence-corrected chi connectivity index (χ0v) is 22.0. The van der Waals surface area contributed by atoms with Gasteiger partial charge in [0, 0.05) is 17.2 Å². The summed E-state index contributed by atoms with van der Waals surface area (Å²) in [5, 5.41) is 3.09. The molecule has 2 aromatic carbocycles. The highest BCUT2D eigenvalue weighted by molar-refractivity contribution is 7.92. The predicted octanol–water partition coefficient (Wildman–Crippen LogP) is 5.02. The van der Waals surface area contributed by atoms with E-state index in [0.717, 1.165) is 36.0 Å². The van der Waals surface area contributed by atoms with Gasteiger partial charge in [-0.05, 0) is 55.5 Å². The van der Waals surface area contributed by atoms with Crippen molar-refractivity contribution in [2.24, 2.45) is 5.92 Å². The van der Waals surface area contributed by atoms with Gasteiger partial charge >= 0.3 is 0 Å². The fraction of sp³-hybridized carbons (Fsp3) is 0.393. The highest BCUT2D eigenvalue weighted by Crippen LogP contribution is 2.31. The van der Waals surface area contributed by atoms with E-state index < -0.39 is 10.0 Å². The Labute approximate surface area is 217 Å². The molecule has 2 N–H and O–H groups in total. The van der Waals surface area contributed by atoms with E-state index in [4.69, 9.17) is 4.74 Å². The van der Waals surface area contributed by atoms with Crippen molar-refractivity contribution in [1.29, 1.82) is 0 Å². The number of anilines is 1. The first-order chi connectivity index (χ1) is 17.8. The lowest BCUT2D eigenvalue weighted by molar-refractivity contribution is 0.0907. The first kappa shape index (κ1) is 25.2. The number of benzene rings is 2. The summed E-state index contributed by atoms with van der Waals surface area (Å²) >= 11 is 0. The molecule has 8 nitrogen and oxygen atoms in total. The second kappa shape index (κ2) is 10.5. The molecule has 9 heteroatoms. The van der Waals surface area contributed by atoms with E-state index >= 15 is 0 Å². The molecule has 2 aliphatic rings. The van der Waals surface area contributed by atoms with Crippen LogP contribution in [0.2, 0.25) is 0 Å². The third kappa shape index (κ3) is 5.77. The minimum absolute atomic E-state index is 0.0354. The summed E-state index contributed by atoms with van der Waals surface area (Å²) in [5.41, 5.74) is 3.75. The summed E-state index contributed by atoms with van der Waals surface area (Å²) in [6, 6.07) is 13.4. The Bertz CT molecular complexity index is 1400. The zero-order valence-electron chi connectivity index (χ0n) is 21.2. The summed E-state index contributed by atoms with van der Waals surface area (Å²) in [6.07, 6.45) is 6.72. The van der Waals surface area contributed by atoms with Crippen LogP contribution in [0.4, 0.5) is 5.95 Å². The van der Waals surface area contributed by atoms with Crippen LogP contribution >= 0.6 is 0 Å². The first-order valence-electron chi connectivity index (χ1n) is 12.8. The topological polar surface area (TPSA) is 110 Å². The van der Waals surface area contributed by atoms with Crippen molar-refractivity contribution in [3.8, 4) is 17.1 Å². The van der Waals surface area contributed by atoms with E-state index in [2.05, 4.69) is 20.0 Å². The number of hydrogen-bond acceptors (Lipinski definition) is 6. The molecule has 37 heavy (non-hydrogen) atoms. The minimum atomic E-state index is -4.05. The van der Waals surface area contributed by atoms with E-state index in [0.29, 0.717) is 11.6 Å². The third-order valence-corrected chi connectivity index (χ3v) is 8.51. The third-order valence-electron chi connectivity index (χ3n) is 7.18. The fourth-order valence-corrected chi connectivity index (χ4v) is 6.31. The van der Waals surface area contributed by atoms with Crippen LogP contribution in [0.15, 0.2) is 53.4 Å². The van der Waals surface area contributed by atoms with Crippen LogP contribution in [0.1, 0.15) is 60.0 Å². The molecular weight excluding hydrogens is 488 g/mol. The van der Waals surface area contributed by atoms with Gasteiger partial charge < -0.3 is 10.1 Å². The molecule has 1 atom stereocenters. The maximum absolute atomic E-state index is 13.2. The second-order valence-corrected chi connectivity index (χ2v) is 11.7. The number of ether oxygens (including phenoxy) is 1. The lowest BCUT2D eigenvalue weighted by atomic mass is 9.85. The van der Waals surface area contributed by atoms with Crippen molar-refractivity contribution in [2.75, 3.05) is 11.3 Å². The normalized spacial score (nSPS) is 19.8. The quantitative estimate of drug-likeness (QED) is 0.502. The smallest absolute Gasteiger partial charge is 0.264 e. The van der Waals surface area contributed by atoms with Crippen LogP contribution in [0.25, 0.3) is 11.3 Å². The Morgan fingerprint density at radius 2 is 1.70 bits per heavy atom. The molecule has 1 aliphatic carbocycles. The van der Waals surface area contributed by atoms with Crippen molar-refractivity contribution >= 4 is 21.9 Å². The van der Waals surface area contributed by atoms with Crippen molar-refractivity contribution in [2.45, 2.75) is 63.3 Å². The number of rotatable bonds is 3. The molecule has 0 unspecified atom stereocenters. The molecule has 0 spiro atoms. The molecular formula is C28H32N4O4S. The molecule has 1 aromatic heterocycles. The lowest BCUT2D eigenvalue weighted by Crippen LogP contribution is -2.40. The van der Waals surface area contributed by atoms with Gasteiger partial charge in [-0.15, -0.1) is 0 Å². The molecule has 0 saturated heterocycles. The first-order valence-corrected chi connectivity index (χ1v) is 14.3. The molecule has 5 rings (SSSR count). The van der Waals surface area contributed by atoms with Gasteiger partial charge in [0.25, 0.3) is 15.9 Å². The van der Waals surface area contributed by atoms with E-state index in [1.54, 1.807) is 18.2 Å². The zero-order chi connectivity index (χ0) is 26.0. The number of hydrogen-bond donors (Lipinski definition) is 2. The summed E-state index contributed by atoms with van der Waals surface area (Å²) in [6.45, 7) is 4.19. The SMILES string of the molecule is Cc1cccc(C)c1-c1cc2nc(n1)NS(=O)(=O)c1cccc(c1)C(=O)N[C@H](CC1CCCCC1)CO2. The number of amides is 1. The molecule has 3 aromatic rings. The largest absolute Gasteiger partial charge is 0.475 e. The van der Waals surface area contributed by atoms with Crippen LogP contribution in [0, 0.1) is 19.8 Å². The second-order valence-electron chi connectivity index (χ2n) is 10.0. The van der Waals surface area contributed by atoms with Gasteiger partial charge in [0.2, 0.25) is 11.8 Å². The molecule has 1 aliphatic heterocycles. The number of aromatic nitrogens is 2. The van der Waals surface area contributed by atoms with Gasteiger partial charge in [-0.2, -0.15) is 4.98 Å². The Kier molecular flexibility index (Phi) is 7.15. The molecule has 1 saturated carbocycles. The van der Waals surface area contributed by atoms with Gasteiger partial charge in [-0.25, -0.2) is 18.1 Å². The molecule has 194 valence electrons. The Balaban J connectivity index is 1.57. The molecule has 1 amide bonds. The maximum Gasteiger partial charge on any atom is 0.264 e. The van der Waals surface area contributed by atoms with E-state index in [-0.39, 0.29) is 40.8 Å². The number of fused-ring (bicyclic) bond motifs is 4. The summed E-state index contributed by atoms with van der Waals surface area (Å²) in [4.78, 5) is 22.0. The van der Waals surface area contributed by atoms with Gasteiger partial charge in [0.05, 0.1) is 16.6 Å². The highest BCUT2D eigenvalue weighted by atomic mass is 32.2. The molecule has 0 radical (unpaired) electrons. The van der Waals surface area contributed by atoms with E-state index in [1.807, 2.05) is 32.0 Å². The number of nitrogens with one attached hydrogen (secondary N) is 2. The number of sulfonamides is 1. The average Bonchev–Trinajstić information content (AvgIpc) is 2.87. The van der Waals surface area contributed by atoms with Crippen molar-refractivity contribution in [3.63, 3.8) is 0 Å². The van der Waals surface area contributed by atoms with E-state index in [1.165, 1.54) is 31.4 Å². The van der Waals surface area contributed by atoms with Crippen molar-refractivity contribution < 1.29 is 17.9 Å². The number of aryl methyl sites for hydroxylation is 2. The van der Waals surface area contributed by atoms with Crippen LogP contribution in [-0.2, 0) is 10.0 Å². The highest BCUT2D eigenvalue weighted by Gasteiger charge is 2.25. The van der Waals surface area contributed by atoms with E-state index in [9.17, 15) is 13.2 Å². The molecule has 4 bridgehead atoms. The Morgan fingerprint density at radius 3 is 2.46 bits per heavy atom. The van der Waals surface area contributed by atoms with Crippen molar-refractivity contribution in [1.82, 2.24) is 15.3 Å². The monoisotopic (exact) mass is 520 g/mol. The van der Waals surface area contributed by atoms with Gasteiger partial charge in [-0.3, -0.25) is 4.79 Å². The fourth-order valence-electron chi connectivity index (χ4n) is 5.32. The minimum Gasteiger partial charge on any atom is -0.475 e. The number of carbonyl (C=O) groups is 1. The number of carbonyl (C=O) groups excluding carboxylic acids is 1. The Hall–Kier alpha value is -3.46. The maximum atomic E-state index is 13.2. The van der Waals surface area contributed by atoms with Gasteiger partial charge in [-0.1, -0.05) is 56.4 Å². The predicted molar refractivity (Wildman–Crippen MR) is 142 cm³/mol. The molecule has 1 fully saturated rings. The number of nitrogens with zero attached hydrogens (tertiary/aromatic N) is 2. The van der Waals surface area contributed by atoms with Crippen LogP contribution in [0.3, 0.4) is 0 Å².